The lowest BCUT2D eigenvalue weighted by atomic mass is 9.99. The molecule has 0 radical (unpaired) electrons. The summed E-state index contributed by atoms with van der Waals surface area (Å²) in [5.74, 6) is 0.596. The zero-order valence-electron chi connectivity index (χ0n) is 9.25. The Labute approximate surface area is 87.0 Å². The first-order valence-electron chi connectivity index (χ1n) is 5.07. The summed E-state index contributed by atoms with van der Waals surface area (Å²) in [4.78, 5) is 0. The standard InChI is InChI=1S/C14H18/c1-5-6-12(4)14-9-7-13(8-10-14)11(2)3/h5-11H,4H2,1-3H3/b6-5-. The van der Waals surface area contributed by atoms with Crippen molar-refractivity contribution in [2.24, 2.45) is 0 Å². The minimum atomic E-state index is 0.596. The highest BCUT2D eigenvalue weighted by Crippen LogP contribution is 2.19. The first-order chi connectivity index (χ1) is 6.65. The van der Waals surface area contributed by atoms with Crippen LogP contribution in [0.3, 0.4) is 0 Å². The molecule has 0 aliphatic heterocycles. The molecule has 0 atom stereocenters. The fraction of sp³-hybridized carbons (Fsp3) is 0.286. The van der Waals surface area contributed by atoms with Crippen LogP contribution in [0.2, 0.25) is 0 Å². The van der Waals surface area contributed by atoms with Crippen molar-refractivity contribution in [2.75, 3.05) is 0 Å². The molecule has 0 amide bonds. The number of hydrogen-bond acceptors (Lipinski definition) is 0. The smallest absolute Gasteiger partial charge is 0.0190 e. The van der Waals surface area contributed by atoms with Crippen LogP contribution in [0.25, 0.3) is 5.57 Å². The fourth-order valence-electron chi connectivity index (χ4n) is 1.38. The molecule has 0 spiro atoms. The minimum Gasteiger partial charge on any atom is -0.0912 e. The fourth-order valence-corrected chi connectivity index (χ4v) is 1.38. The van der Waals surface area contributed by atoms with Crippen LogP contribution in [0.1, 0.15) is 37.8 Å². The topological polar surface area (TPSA) is 0 Å². The first kappa shape index (κ1) is 10.8. The maximum Gasteiger partial charge on any atom is -0.0190 e. The Morgan fingerprint density at radius 1 is 1.21 bits per heavy atom. The third-order valence-electron chi connectivity index (χ3n) is 2.32. The zero-order valence-corrected chi connectivity index (χ0v) is 9.25. The van der Waals surface area contributed by atoms with Gasteiger partial charge in [-0.2, -0.15) is 0 Å². The summed E-state index contributed by atoms with van der Waals surface area (Å²) in [7, 11) is 0. The van der Waals surface area contributed by atoms with Crippen LogP contribution in [0.5, 0.6) is 0 Å². The first-order valence-corrected chi connectivity index (χ1v) is 5.07. The van der Waals surface area contributed by atoms with Crippen molar-refractivity contribution in [1.29, 1.82) is 0 Å². The van der Waals surface area contributed by atoms with Crippen molar-refractivity contribution in [3.05, 3.63) is 54.1 Å². The number of benzene rings is 1. The van der Waals surface area contributed by atoms with E-state index in [0.29, 0.717) is 5.92 Å². The van der Waals surface area contributed by atoms with Crippen LogP contribution < -0.4 is 0 Å². The van der Waals surface area contributed by atoms with Gasteiger partial charge in [-0.25, -0.2) is 0 Å². The second-order valence-electron chi connectivity index (χ2n) is 3.80. The predicted octanol–water partition coefficient (Wildman–Crippen LogP) is 4.40. The molecule has 0 aromatic heterocycles. The molecule has 0 aliphatic rings. The van der Waals surface area contributed by atoms with E-state index in [1.807, 2.05) is 19.1 Å². The summed E-state index contributed by atoms with van der Waals surface area (Å²) in [6.07, 6.45) is 4.04. The molecule has 0 heterocycles. The van der Waals surface area contributed by atoms with E-state index in [2.05, 4.69) is 44.7 Å². The predicted molar refractivity (Wildman–Crippen MR) is 64.4 cm³/mol. The van der Waals surface area contributed by atoms with Gasteiger partial charge in [0, 0.05) is 0 Å². The summed E-state index contributed by atoms with van der Waals surface area (Å²) in [6.45, 7) is 10.4. The lowest BCUT2D eigenvalue weighted by Gasteiger charge is -2.06. The van der Waals surface area contributed by atoms with E-state index in [4.69, 9.17) is 0 Å². The van der Waals surface area contributed by atoms with Crippen LogP contribution in [0, 0.1) is 0 Å². The van der Waals surface area contributed by atoms with Crippen molar-refractivity contribution >= 4 is 5.57 Å². The highest BCUT2D eigenvalue weighted by Gasteiger charge is 1.99. The maximum atomic E-state index is 4.00. The summed E-state index contributed by atoms with van der Waals surface area (Å²) >= 11 is 0. The largest absolute Gasteiger partial charge is 0.0912 e. The Bertz CT molecular complexity index is 326. The average Bonchev–Trinajstić information content (AvgIpc) is 2.18. The second kappa shape index (κ2) is 4.80. The molecule has 14 heavy (non-hydrogen) atoms. The molecule has 0 aliphatic carbocycles. The van der Waals surface area contributed by atoms with Crippen molar-refractivity contribution in [3.8, 4) is 0 Å². The highest BCUT2D eigenvalue weighted by atomic mass is 14.0. The second-order valence-corrected chi connectivity index (χ2v) is 3.80. The molecule has 0 saturated heterocycles. The quantitative estimate of drug-likeness (QED) is 0.614. The van der Waals surface area contributed by atoms with E-state index in [1.165, 1.54) is 11.1 Å². The zero-order chi connectivity index (χ0) is 10.6. The van der Waals surface area contributed by atoms with Crippen molar-refractivity contribution in [1.82, 2.24) is 0 Å². The molecule has 1 aromatic carbocycles. The van der Waals surface area contributed by atoms with Crippen LogP contribution in [0.4, 0.5) is 0 Å². The van der Waals surface area contributed by atoms with E-state index in [-0.39, 0.29) is 0 Å². The number of allylic oxidation sites excluding steroid dienone is 3. The van der Waals surface area contributed by atoms with Gasteiger partial charge in [-0.15, -0.1) is 0 Å². The molecular weight excluding hydrogens is 168 g/mol. The van der Waals surface area contributed by atoms with E-state index < -0.39 is 0 Å². The Balaban J connectivity index is 2.88. The molecular formula is C14H18. The van der Waals surface area contributed by atoms with Gasteiger partial charge < -0.3 is 0 Å². The Morgan fingerprint density at radius 3 is 2.21 bits per heavy atom. The molecule has 0 heteroatoms. The SMILES string of the molecule is C=C(/C=C\C)c1ccc(C(C)C)cc1. The Morgan fingerprint density at radius 2 is 1.79 bits per heavy atom. The normalized spacial score (nSPS) is 11.1. The van der Waals surface area contributed by atoms with Gasteiger partial charge in [-0.3, -0.25) is 0 Å². The van der Waals surface area contributed by atoms with E-state index in [0.717, 1.165) is 5.57 Å². The number of rotatable bonds is 3. The summed E-state index contributed by atoms with van der Waals surface area (Å²) < 4.78 is 0. The molecule has 0 saturated carbocycles. The van der Waals surface area contributed by atoms with Crippen LogP contribution in [-0.2, 0) is 0 Å². The molecule has 0 bridgehead atoms. The molecule has 0 fully saturated rings. The average molecular weight is 186 g/mol. The molecule has 1 rings (SSSR count). The Hall–Kier alpha value is -1.30. The monoisotopic (exact) mass is 186 g/mol. The molecule has 74 valence electrons. The maximum absolute atomic E-state index is 4.00. The molecule has 0 nitrogen and oxygen atoms in total. The van der Waals surface area contributed by atoms with Crippen molar-refractivity contribution in [2.45, 2.75) is 26.7 Å². The molecule has 0 unspecified atom stereocenters. The molecule has 0 N–H and O–H groups in total. The highest BCUT2D eigenvalue weighted by molar-refractivity contribution is 5.71. The summed E-state index contributed by atoms with van der Waals surface area (Å²) in [5, 5.41) is 0. The molecule has 1 aromatic rings. The lowest BCUT2D eigenvalue weighted by molar-refractivity contribution is 0.866. The van der Waals surface area contributed by atoms with Crippen LogP contribution in [-0.4, -0.2) is 0 Å². The van der Waals surface area contributed by atoms with Gasteiger partial charge in [0.05, 0.1) is 0 Å². The van der Waals surface area contributed by atoms with Gasteiger partial charge in [-0.1, -0.05) is 56.8 Å². The van der Waals surface area contributed by atoms with Crippen LogP contribution >= 0.6 is 0 Å². The van der Waals surface area contributed by atoms with E-state index >= 15 is 0 Å². The van der Waals surface area contributed by atoms with Crippen molar-refractivity contribution in [3.63, 3.8) is 0 Å². The van der Waals surface area contributed by atoms with E-state index in [9.17, 15) is 0 Å². The van der Waals surface area contributed by atoms with Gasteiger partial charge >= 0.3 is 0 Å². The van der Waals surface area contributed by atoms with Gasteiger partial charge in [0.1, 0.15) is 0 Å². The summed E-state index contributed by atoms with van der Waals surface area (Å²) in [6, 6.07) is 8.62. The number of hydrogen-bond donors (Lipinski definition) is 0. The Kier molecular flexibility index (Phi) is 3.70. The van der Waals surface area contributed by atoms with Gasteiger partial charge in [-0.05, 0) is 29.5 Å². The van der Waals surface area contributed by atoms with Gasteiger partial charge in [0.25, 0.3) is 0 Å². The lowest BCUT2D eigenvalue weighted by Crippen LogP contribution is -1.87. The van der Waals surface area contributed by atoms with Crippen LogP contribution in [0.15, 0.2) is 43.0 Å². The van der Waals surface area contributed by atoms with Crippen molar-refractivity contribution < 1.29 is 0 Å². The third kappa shape index (κ3) is 2.59. The minimum absolute atomic E-state index is 0.596. The summed E-state index contributed by atoms with van der Waals surface area (Å²) in [5.41, 5.74) is 3.65. The third-order valence-corrected chi connectivity index (χ3v) is 2.32. The van der Waals surface area contributed by atoms with Gasteiger partial charge in [0.2, 0.25) is 0 Å². The van der Waals surface area contributed by atoms with Gasteiger partial charge in [0.15, 0.2) is 0 Å². The van der Waals surface area contributed by atoms with E-state index in [1.54, 1.807) is 0 Å².